The van der Waals surface area contributed by atoms with Crippen LogP contribution >= 0.6 is 11.6 Å². The molecule has 0 saturated heterocycles. The van der Waals surface area contributed by atoms with Gasteiger partial charge in [-0.05, 0) is 49.2 Å². The Kier molecular flexibility index (Phi) is 6.75. The van der Waals surface area contributed by atoms with Crippen molar-refractivity contribution in [2.45, 2.75) is 37.8 Å². The van der Waals surface area contributed by atoms with E-state index in [0.717, 1.165) is 25.7 Å². The van der Waals surface area contributed by atoms with Crippen LogP contribution in [0.2, 0.25) is 5.02 Å². The van der Waals surface area contributed by atoms with E-state index >= 15 is 0 Å². The third-order valence-corrected chi connectivity index (χ3v) is 5.79. The fourth-order valence-electron chi connectivity index (χ4n) is 4.04. The number of carbonyl (C=O) groups is 2. The number of benzene rings is 1. The first kappa shape index (κ1) is 21.9. The second-order valence-corrected chi connectivity index (χ2v) is 8.08. The SMILES string of the molecule is COc1ccc(Cl)cc1N(C(=O)c1ccco1)[C@@H](C(=O)NC1CCCC1)c1cccnc1. The summed E-state index contributed by atoms with van der Waals surface area (Å²) in [4.78, 5) is 32.9. The molecule has 8 heteroatoms. The molecule has 0 unspecified atom stereocenters. The lowest BCUT2D eigenvalue weighted by molar-refractivity contribution is -0.123. The minimum Gasteiger partial charge on any atom is -0.495 e. The molecule has 1 N–H and O–H groups in total. The maximum atomic E-state index is 13.7. The molecule has 1 atom stereocenters. The lowest BCUT2D eigenvalue weighted by atomic mass is 10.0. The van der Waals surface area contributed by atoms with E-state index in [-0.39, 0.29) is 17.7 Å². The summed E-state index contributed by atoms with van der Waals surface area (Å²) in [6, 6.07) is 10.7. The standard InChI is InChI=1S/C24H24ClN3O4/c1-31-20-11-10-17(25)14-19(20)28(24(30)21-9-5-13-32-21)22(16-6-4-12-26-15-16)23(29)27-18-7-2-3-8-18/h4-6,9-15,18,22H,2-3,7-8H2,1H3,(H,27,29)/t22-/m1/s1. The molecule has 1 fully saturated rings. The van der Waals surface area contributed by atoms with Gasteiger partial charge in [0.05, 0.1) is 19.1 Å². The number of furan rings is 1. The Morgan fingerprint density at radius 3 is 2.69 bits per heavy atom. The molecule has 0 radical (unpaired) electrons. The van der Waals surface area contributed by atoms with Gasteiger partial charge in [-0.3, -0.25) is 19.5 Å². The number of amides is 2. The average molecular weight is 454 g/mol. The Morgan fingerprint density at radius 1 is 1.22 bits per heavy atom. The van der Waals surface area contributed by atoms with Crippen molar-refractivity contribution in [2.75, 3.05) is 12.0 Å². The van der Waals surface area contributed by atoms with Gasteiger partial charge in [-0.1, -0.05) is 30.5 Å². The Labute approximate surface area is 191 Å². The number of rotatable bonds is 7. The van der Waals surface area contributed by atoms with Crippen molar-refractivity contribution in [1.29, 1.82) is 0 Å². The van der Waals surface area contributed by atoms with Crippen LogP contribution in [0.1, 0.15) is 47.8 Å². The minimum atomic E-state index is -1.01. The molecule has 1 aliphatic carbocycles. The van der Waals surface area contributed by atoms with E-state index in [0.29, 0.717) is 22.0 Å². The fraction of sp³-hybridized carbons (Fsp3) is 0.292. The van der Waals surface area contributed by atoms with Crippen LogP contribution in [-0.4, -0.2) is 29.9 Å². The summed E-state index contributed by atoms with van der Waals surface area (Å²) in [6.45, 7) is 0. The van der Waals surface area contributed by atoms with Gasteiger partial charge in [-0.15, -0.1) is 0 Å². The van der Waals surface area contributed by atoms with Gasteiger partial charge in [-0.25, -0.2) is 0 Å². The zero-order valence-electron chi connectivity index (χ0n) is 17.7. The number of aromatic nitrogens is 1. The molecule has 32 heavy (non-hydrogen) atoms. The van der Waals surface area contributed by atoms with Gasteiger partial charge < -0.3 is 14.5 Å². The van der Waals surface area contributed by atoms with E-state index in [1.807, 2.05) is 0 Å². The number of nitrogens with zero attached hydrogens (tertiary/aromatic N) is 2. The zero-order chi connectivity index (χ0) is 22.5. The number of nitrogens with one attached hydrogen (secondary N) is 1. The summed E-state index contributed by atoms with van der Waals surface area (Å²) < 4.78 is 10.9. The number of pyridine rings is 1. The predicted molar refractivity (Wildman–Crippen MR) is 121 cm³/mol. The maximum absolute atomic E-state index is 13.7. The van der Waals surface area contributed by atoms with E-state index in [4.69, 9.17) is 20.8 Å². The minimum absolute atomic E-state index is 0.0727. The second kappa shape index (κ2) is 9.87. The number of methoxy groups -OCH3 is 1. The molecular weight excluding hydrogens is 430 g/mol. The van der Waals surface area contributed by atoms with Gasteiger partial charge in [0.15, 0.2) is 5.76 Å². The van der Waals surface area contributed by atoms with Gasteiger partial charge in [0.1, 0.15) is 11.8 Å². The first-order chi connectivity index (χ1) is 15.6. The van der Waals surface area contributed by atoms with Crippen molar-refractivity contribution in [3.8, 4) is 5.75 Å². The largest absolute Gasteiger partial charge is 0.495 e. The second-order valence-electron chi connectivity index (χ2n) is 7.65. The highest BCUT2D eigenvalue weighted by Gasteiger charge is 2.37. The topological polar surface area (TPSA) is 84.7 Å². The molecule has 0 aliphatic heterocycles. The first-order valence-electron chi connectivity index (χ1n) is 10.5. The van der Waals surface area contributed by atoms with Crippen LogP contribution in [0.5, 0.6) is 5.75 Å². The van der Waals surface area contributed by atoms with Crippen molar-refractivity contribution in [3.63, 3.8) is 0 Å². The normalized spacial score (nSPS) is 14.7. The summed E-state index contributed by atoms with van der Waals surface area (Å²) in [5.41, 5.74) is 0.918. The summed E-state index contributed by atoms with van der Waals surface area (Å²) >= 11 is 6.29. The predicted octanol–water partition coefficient (Wildman–Crippen LogP) is 4.78. The number of carbonyl (C=O) groups excluding carboxylic acids is 2. The Balaban J connectivity index is 1.85. The average Bonchev–Trinajstić information content (AvgIpc) is 3.52. The molecule has 0 bridgehead atoms. The van der Waals surface area contributed by atoms with Crippen LogP contribution in [0.15, 0.2) is 65.5 Å². The highest BCUT2D eigenvalue weighted by Crippen LogP contribution is 2.38. The molecule has 2 amide bonds. The molecule has 0 spiro atoms. The van der Waals surface area contributed by atoms with Gasteiger partial charge in [0.2, 0.25) is 5.91 Å². The molecule has 1 aliphatic rings. The van der Waals surface area contributed by atoms with Gasteiger partial charge in [-0.2, -0.15) is 0 Å². The van der Waals surface area contributed by atoms with E-state index in [1.54, 1.807) is 54.9 Å². The van der Waals surface area contributed by atoms with Crippen LogP contribution < -0.4 is 15.0 Å². The molecule has 1 aromatic carbocycles. The number of anilines is 1. The zero-order valence-corrected chi connectivity index (χ0v) is 18.4. The van der Waals surface area contributed by atoms with Crippen LogP contribution in [0.25, 0.3) is 0 Å². The van der Waals surface area contributed by atoms with Crippen molar-refractivity contribution >= 4 is 29.1 Å². The number of hydrogen-bond donors (Lipinski definition) is 1. The Hall–Kier alpha value is -3.32. The maximum Gasteiger partial charge on any atom is 0.295 e. The molecule has 4 rings (SSSR count). The van der Waals surface area contributed by atoms with Crippen LogP contribution in [0, 0.1) is 0 Å². The molecular formula is C24H24ClN3O4. The summed E-state index contributed by atoms with van der Waals surface area (Å²) in [5, 5.41) is 3.52. The highest BCUT2D eigenvalue weighted by atomic mass is 35.5. The van der Waals surface area contributed by atoms with E-state index in [1.165, 1.54) is 18.3 Å². The van der Waals surface area contributed by atoms with Crippen molar-refractivity contribution in [1.82, 2.24) is 10.3 Å². The number of halogens is 1. The van der Waals surface area contributed by atoms with Crippen LogP contribution in [0.4, 0.5) is 5.69 Å². The van der Waals surface area contributed by atoms with E-state index < -0.39 is 11.9 Å². The molecule has 1 saturated carbocycles. The number of hydrogen-bond acceptors (Lipinski definition) is 5. The van der Waals surface area contributed by atoms with E-state index in [9.17, 15) is 9.59 Å². The first-order valence-corrected chi connectivity index (χ1v) is 10.9. The summed E-state index contributed by atoms with van der Waals surface area (Å²) in [6.07, 6.45) is 8.58. The lowest BCUT2D eigenvalue weighted by Crippen LogP contribution is -2.46. The molecule has 2 aromatic heterocycles. The smallest absolute Gasteiger partial charge is 0.295 e. The highest BCUT2D eigenvalue weighted by molar-refractivity contribution is 6.31. The number of ether oxygens (including phenoxy) is 1. The monoisotopic (exact) mass is 453 g/mol. The van der Waals surface area contributed by atoms with Crippen molar-refractivity contribution in [2.24, 2.45) is 0 Å². The van der Waals surface area contributed by atoms with Gasteiger partial charge in [0, 0.05) is 29.0 Å². The Morgan fingerprint density at radius 2 is 2.03 bits per heavy atom. The third-order valence-electron chi connectivity index (χ3n) is 5.56. The van der Waals surface area contributed by atoms with Gasteiger partial charge in [0.25, 0.3) is 5.91 Å². The van der Waals surface area contributed by atoms with E-state index in [2.05, 4.69) is 10.3 Å². The molecule has 3 aromatic rings. The van der Waals surface area contributed by atoms with Crippen LogP contribution in [0.3, 0.4) is 0 Å². The summed E-state index contributed by atoms with van der Waals surface area (Å²) in [7, 11) is 1.50. The van der Waals surface area contributed by atoms with Crippen LogP contribution in [-0.2, 0) is 4.79 Å². The fourth-order valence-corrected chi connectivity index (χ4v) is 4.21. The molecule has 2 heterocycles. The van der Waals surface area contributed by atoms with Crippen molar-refractivity contribution < 1.29 is 18.7 Å². The quantitative estimate of drug-likeness (QED) is 0.556. The van der Waals surface area contributed by atoms with Gasteiger partial charge >= 0.3 is 0 Å². The summed E-state index contributed by atoms with van der Waals surface area (Å²) in [5.74, 6) is -0.302. The lowest BCUT2D eigenvalue weighted by Gasteiger charge is -2.32. The molecule has 166 valence electrons. The van der Waals surface area contributed by atoms with Crippen molar-refractivity contribution in [3.05, 3.63) is 77.5 Å². The Bertz CT molecular complexity index is 1070. The third kappa shape index (κ3) is 4.62. The molecule has 7 nitrogen and oxygen atoms in total.